The van der Waals surface area contributed by atoms with Crippen molar-refractivity contribution in [3.8, 4) is 5.75 Å². The molecule has 2 rings (SSSR count). The van der Waals surface area contributed by atoms with Gasteiger partial charge in [0.2, 0.25) is 0 Å². The minimum Gasteiger partial charge on any atom is -0.494 e. The second-order valence-electron chi connectivity index (χ2n) is 4.16. The van der Waals surface area contributed by atoms with Crippen LogP contribution >= 0.6 is 0 Å². The van der Waals surface area contributed by atoms with E-state index in [0.717, 1.165) is 5.69 Å². The van der Waals surface area contributed by atoms with Crippen LogP contribution in [0.15, 0.2) is 42.5 Å². The molecule has 104 valence electrons. The van der Waals surface area contributed by atoms with E-state index in [4.69, 9.17) is 10.5 Å². The molecule has 0 aliphatic heterocycles. The third-order valence-electron chi connectivity index (χ3n) is 2.59. The Balaban J connectivity index is 2.32. The lowest BCUT2D eigenvalue weighted by atomic mass is 10.2. The molecule has 0 bridgehead atoms. The van der Waals surface area contributed by atoms with Gasteiger partial charge in [-0.25, -0.2) is 0 Å². The first-order chi connectivity index (χ1) is 9.58. The van der Waals surface area contributed by atoms with E-state index in [1.807, 2.05) is 13.0 Å². The first-order valence-electron chi connectivity index (χ1n) is 6.13. The van der Waals surface area contributed by atoms with Crippen molar-refractivity contribution < 1.29 is 9.66 Å². The van der Waals surface area contributed by atoms with Crippen molar-refractivity contribution in [1.29, 1.82) is 0 Å². The number of hydrogen-bond acceptors (Lipinski definition) is 5. The van der Waals surface area contributed by atoms with Gasteiger partial charge in [-0.2, -0.15) is 0 Å². The number of nitrogens with zero attached hydrogens (tertiary/aromatic N) is 1. The Labute approximate surface area is 116 Å². The summed E-state index contributed by atoms with van der Waals surface area (Å²) in [5.41, 5.74) is 7.62. The molecule has 0 unspecified atom stereocenters. The average Bonchev–Trinajstić information content (AvgIpc) is 2.38. The third kappa shape index (κ3) is 3.38. The number of nitro benzene ring substituents is 1. The van der Waals surface area contributed by atoms with Crippen LogP contribution < -0.4 is 15.8 Å². The zero-order valence-electron chi connectivity index (χ0n) is 11.0. The van der Waals surface area contributed by atoms with Gasteiger partial charge in [-0.15, -0.1) is 0 Å². The van der Waals surface area contributed by atoms with E-state index >= 15 is 0 Å². The molecule has 6 nitrogen and oxygen atoms in total. The highest BCUT2D eigenvalue weighted by atomic mass is 16.6. The predicted octanol–water partition coefficient (Wildman–Crippen LogP) is 3.32. The Kier molecular flexibility index (Phi) is 4.05. The fourth-order valence-corrected chi connectivity index (χ4v) is 1.79. The van der Waals surface area contributed by atoms with Gasteiger partial charge in [0, 0.05) is 29.2 Å². The summed E-state index contributed by atoms with van der Waals surface area (Å²) in [7, 11) is 0. The smallest absolute Gasteiger partial charge is 0.275 e. The summed E-state index contributed by atoms with van der Waals surface area (Å²) in [6.45, 7) is 2.27. The maximum atomic E-state index is 10.9. The molecular weight excluding hydrogens is 258 g/mol. The lowest BCUT2D eigenvalue weighted by molar-refractivity contribution is -0.384. The van der Waals surface area contributed by atoms with Crippen LogP contribution in [-0.2, 0) is 0 Å². The standard InChI is InChI=1S/C14H15N3O3/c1-2-20-14-8-12(7-13(9-14)17(18)19)16-11-5-3-4-10(15)6-11/h3-9,16H,2,15H2,1H3. The van der Waals surface area contributed by atoms with Gasteiger partial charge >= 0.3 is 0 Å². The fraction of sp³-hybridized carbons (Fsp3) is 0.143. The Bertz CT molecular complexity index is 629. The molecule has 0 amide bonds. The van der Waals surface area contributed by atoms with Crippen LogP contribution in [0.4, 0.5) is 22.7 Å². The Morgan fingerprint density at radius 1 is 1.25 bits per heavy atom. The number of nitro groups is 1. The Morgan fingerprint density at radius 2 is 2.05 bits per heavy atom. The fourth-order valence-electron chi connectivity index (χ4n) is 1.79. The number of nitrogens with one attached hydrogen (secondary N) is 1. The van der Waals surface area contributed by atoms with Crippen molar-refractivity contribution in [3.05, 3.63) is 52.6 Å². The van der Waals surface area contributed by atoms with Gasteiger partial charge in [0.05, 0.1) is 17.6 Å². The average molecular weight is 273 g/mol. The first kappa shape index (κ1) is 13.7. The first-order valence-corrected chi connectivity index (χ1v) is 6.13. The van der Waals surface area contributed by atoms with E-state index in [1.165, 1.54) is 12.1 Å². The van der Waals surface area contributed by atoms with Crippen molar-refractivity contribution in [1.82, 2.24) is 0 Å². The van der Waals surface area contributed by atoms with E-state index in [0.29, 0.717) is 23.7 Å². The van der Waals surface area contributed by atoms with E-state index < -0.39 is 4.92 Å². The molecule has 20 heavy (non-hydrogen) atoms. The zero-order valence-corrected chi connectivity index (χ0v) is 11.0. The summed E-state index contributed by atoms with van der Waals surface area (Å²) in [6.07, 6.45) is 0. The molecule has 0 aliphatic carbocycles. The summed E-state index contributed by atoms with van der Waals surface area (Å²) in [5.74, 6) is 0.452. The van der Waals surface area contributed by atoms with Gasteiger partial charge in [0.15, 0.2) is 0 Å². The predicted molar refractivity (Wildman–Crippen MR) is 78.4 cm³/mol. The van der Waals surface area contributed by atoms with Crippen LogP contribution in [0.5, 0.6) is 5.75 Å². The van der Waals surface area contributed by atoms with Gasteiger partial charge in [0.25, 0.3) is 5.69 Å². The lowest BCUT2D eigenvalue weighted by Gasteiger charge is -2.09. The third-order valence-corrected chi connectivity index (χ3v) is 2.59. The molecule has 0 heterocycles. The van der Waals surface area contributed by atoms with Crippen LogP contribution in [0.25, 0.3) is 0 Å². The Hall–Kier alpha value is -2.76. The number of ether oxygens (including phenoxy) is 1. The molecule has 2 aromatic carbocycles. The molecule has 3 N–H and O–H groups in total. The highest BCUT2D eigenvalue weighted by Gasteiger charge is 2.10. The maximum absolute atomic E-state index is 10.9. The summed E-state index contributed by atoms with van der Waals surface area (Å²) < 4.78 is 5.33. The molecule has 2 aromatic rings. The molecule has 6 heteroatoms. The summed E-state index contributed by atoms with van der Waals surface area (Å²) in [5, 5.41) is 14.0. The Morgan fingerprint density at radius 3 is 2.70 bits per heavy atom. The van der Waals surface area contributed by atoms with E-state index in [1.54, 1.807) is 24.3 Å². The number of nitrogen functional groups attached to an aromatic ring is 1. The number of hydrogen-bond donors (Lipinski definition) is 2. The van der Waals surface area contributed by atoms with Crippen LogP contribution in [0.3, 0.4) is 0 Å². The van der Waals surface area contributed by atoms with Crippen molar-refractivity contribution in [3.63, 3.8) is 0 Å². The molecule has 0 spiro atoms. The highest BCUT2D eigenvalue weighted by Crippen LogP contribution is 2.28. The SMILES string of the molecule is CCOc1cc(Nc2cccc(N)c2)cc([N+](=O)[O-])c1. The second kappa shape index (κ2) is 5.92. The van der Waals surface area contributed by atoms with Gasteiger partial charge < -0.3 is 15.8 Å². The van der Waals surface area contributed by atoms with Gasteiger partial charge in [-0.3, -0.25) is 10.1 Å². The van der Waals surface area contributed by atoms with Crippen molar-refractivity contribution in [2.45, 2.75) is 6.92 Å². The number of nitrogens with two attached hydrogens (primary N) is 1. The molecule has 0 aliphatic rings. The summed E-state index contributed by atoms with van der Waals surface area (Å²) in [4.78, 5) is 10.5. The largest absolute Gasteiger partial charge is 0.494 e. The molecule has 0 saturated carbocycles. The zero-order chi connectivity index (χ0) is 14.5. The van der Waals surface area contributed by atoms with Crippen LogP contribution in [0.2, 0.25) is 0 Å². The van der Waals surface area contributed by atoms with E-state index in [2.05, 4.69) is 5.32 Å². The topological polar surface area (TPSA) is 90.4 Å². The summed E-state index contributed by atoms with van der Waals surface area (Å²) in [6, 6.07) is 11.7. The van der Waals surface area contributed by atoms with Crippen LogP contribution in [0.1, 0.15) is 6.92 Å². The lowest BCUT2D eigenvalue weighted by Crippen LogP contribution is -1.97. The number of non-ortho nitro benzene ring substituents is 1. The second-order valence-corrected chi connectivity index (χ2v) is 4.16. The van der Waals surface area contributed by atoms with Gasteiger partial charge in [-0.05, 0) is 25.1 Å². The van der Waals surface area contributed by atoms with Crippen molar-refractivity contribution in [2.75, 3.05) is 17.7 Å². The van der Waals surface area contributed by atoms with Gasteiger partial charge in [0.1, 0.15) is 5.75 Å². The van der Waals surface area contributed by atoms with Crippen molar-refractivity contribution in [2.24, 2.45) is 0 Å². The molecular formula is C14H15N3O3. The van der Waals surface area contributed by atoms with E-state index in [-0.39, 0.29) is 5.69 Å². The number of anilines is 3. The quantitative estimate of drug-likeness (QED) is 0.495. The minimum atomic E-state index is -0.451. The number of benzene rings is 2. The van der Waals surface area contributed by atoms with Crippen molar-refractivity contribution >= 4 is 22.7 Å². The number of rotatable bonds is 5. The highest BCUT2D eigenvalue weighted by molar-refractivity contribution is 5.67. The molecule has 0 aromatic heterocycles. The van der Waals surface area contributed by atoms with Gasteiger partial charge in [-0.1, -0.05) is 6.07 Å². The van der Waals surface area contributed by atoms with E-state index in [9.17, 15) is 10.1 Å². The molecule has 0 saturated heterocycles. The maximum Gasteiger partial charge on any atom is 0.275 e. The van der Waals surface area contributed by atoms with Crippen LogP contribution in [-0.4, -0.2) is 11.5 Å². The molecule has 0 radical (unpaired) electrons. The summed E-state index contributed by atoms with van der Waals surface area (Å²) >= 11 is 0. The minimum absolute atomic E-state index is 0.0256. The molecule has 0 atom stereocenters. The van der Waals surface area contributed by atoms with Crippen LogP contribution in [0, 0.1) is 10.1 Å². The normalized spacial score (nSPS) is 10.1. The molecule has 0 fully saturated rings. The monoisotopic (exact) mass is 273 g/mol.